The Morgan fingerprint density at radius 2 is 2.22 bits per heavy atom. The van der Waals surface area contributed by atoms with Gasteiger partial charge >= 0.3 is 0 Å². The average molecular weight is 257 g/mol. The summed E-state index contributed by atoms with van der Waals surface area (Å²) in [7, 11) is 0. The van der Waals surface area contributed by atoms with Gasteiger partial charge in [-0.15, -0.1) is 0 Å². The van der Waals surface area contributed by atoms with E-state index in [-0.39, 0.29) is 5.91 Å². The van der Waals surface area contributed by atoms with Gasteiger partial charge in [0, 0.05) is 31.7 Å². The van der Waals surface area contributed by atoms with Crippen LogP contribution in [0, 0.1) is 0 Å². The van der Waals surface area contributed by atoms with Crippen LogP contribution in [0.4, 0.5) is 0 Å². The molecule has 0 aromatic carbocycles. The zero-order chi connectivity index (χ0) is 13.4. The highest BCUT2D eigenvalue weighted by Gasteiger charge is 2.17. The molecule has 1 rings (SSSR count). The fourth-order valence-corrected chi connectivity index (χ4v) is 2.23. The Labute approximate surface area is 110 Å². The van der Waals surface area contributed by atoms with Gasteiger partial charge in [-0.1, -0.05) is 0 Å². The third-order valence-corrected chi connectivity index (χ3v) is 3.35. The molecule has 106 valence electrons. The molecule has 0 saturated carbocycles. The van der Waals surface area contributed by atoms with E-state index in [0.717, 1.165) is 39.3 Å². The summed E-state index contributed by atoms with van der Waals surface area (Å²) in [6.07, 6.45) is 0.992. The zero-order valence-electron chi connectivity index (χ0n) is 11.9. The molecule has 2 N–H and O–H groups in total. The number of amides is 1. The zero-order valence-corrected chi connectivity index (χ0v) is 11.9. The van der Waals surface area contributed by atoms with E-state index in [1.807, 2.05) is 18.7 Å². The van der Waals surface area contributed by atoms with Crippen molar-refractivity contribution in [3.8, 4) is 0 Å². The lowest BCUT2D eigenvalue weighted by Crippen LogP contribution is -2.46. The molecule has 2 atom stereocenters. The van der Waals surface area contributed by atoms with E-state index in [2.05, 4.69) is 17.6 Å². The summed E-state index contributed by atoms with van der Waals surface area (Å²) >= 11 is 0. The number of likely N-dealkylation sites (N-methyl/N-ethyl adjacent to an activating group) is 1. The maximum Gasteiger partial charge on any atom is 0.236 e. The molecular formula is C13H27N3O2. The Morgan fingerprint density at radius 3 is 2.78 bits per heavy atom. The summed E-state index contributed by atoms with van der Waals surface area (Å²) < 4.78 is 5.42. The molecule has 1 amide bonds. The number of carbonyl (C=O) groups excluding carboxylic acids is 1. The molecule has 5 nitrogen and oxygen atoms in total. The number of hydrogen-bond acceptors (Lipinski definition) is 4. The molecule has 0 aromatic heterocycles. The molecule has 1 saturated heterocycles. The monoisotopic (exact) mass is 257 g/mol. The van der Waals surface area contributed by atoms with E-state index in [9.17, 15) is 4.79 Å². The van der Waals surface area contributed by atoms with Crippen molar-refractivity contribution in [1.29, 1.82) is 0 Å². The number of nitrogens with one attached hydrogen (secondary N) is 2. The standard InChI is InChI=1S/C13H27N3O2/c1-4-16(5-2)13(17)9-15-11(3)8-12-10-18-7-6-14-12/h11-12,14-15H,4-10H2,1-3H3. The SMILES string of the molecule is CCN(CC)C(=O)CNC(C)CC1COCCN1. The highest BCUT2D eigenvalue weighted by atomic mass is 16.5. The number of ether oxygens (including phenoxy) is 1. The molecule has 1 aliphatic rings. The van der Waals surface area contributed by atoms with Crippen LogP contribution < -0.4 is 10.6 Å². The summed E-state index contributed by atoms with van der Waals surface area (Å²) in [5.74, 6) is 0.180. The molecule has 1 heterocycles. The van der Waals surface area contributed by atoms with Crippen LogP contribution in [0.15, 0.2) is 0 Å². The van der Waals surface area contributed by atoms with E-state index in [4.69, 9.17) is 4.74 Å². The number of carbonyl (C=O) groups is 1. The first-order chi connectivity index (χ1) is 8.67. The summed E-state index contributed by atoms with van der Waals surface area (Å²) in [5, 5.41) is 6.71. The third kappa shape index (κ3) is 5.33. The number of hydrogen-bond donors (Lipinski definition) is 2. The fourth-order valence-electron chi connectivity index (χ4n) is 2.23. The number of nitrogens with zero attached hydrogens (tertiary/aromatic N) is 1. The maximum atomic E-state index is 11.8. The van der Waals surface area contributed by atoms with Crippen molar-refractivity contribution in [2.24, 2.45) is 0 Å². The molecule has 18 heavy (non-hydrogen) atoms. The lowest BCUT2D eigenvalue weighted by Gasteiger charge is -2.27. The summed E-state index contributed by atoms with van der Waals surface area (Å²) in [5.41, 5.74) is 0. The smallest absolute Gasteiger partial charge is 0.236 e. The van der Waals surface area contributed by atoms with Gasteiger partial charge in [-0.05, 0) is 27.2 Å². The van der Waals surface area contributed by atoms with E-state index < -0.39 is 0 Å². The van der Waals surface area contributed by atoms with Crippen molar-refractivity contribution < 1.29 is 9.53 Å². The van der Waals surface area contributed by atoms with Crippen LogP contribution >= 0.6 is 0 Å². The first kappa shape index (κ1) is 15.4. The van der Waals surface area contributed by atoms with Gasteiger partial charge in [-0.3, -0.25) is 4.79 Å². The van der Waals surface area contributed by atoms with E-state index in [0.29, 0.717) is 18.6 Å². The van der Waals surface area contributed by atoms with E-state index in [1.165, 1.54) is 0 Å². The van der Waals surface area contributed by atoms with E-state index >= 15 is 0 Å². The Hall–Kier alpha value is -0.650. The molecule has 1 aliphatic heterocycles. The minimum Gasteiger partial charge on any atom is -0.379 e. The lowest BCUT2D eigenvalue weighted by molar-refractivity contribution is -0.130. The maximum absolute atomic E-state index is 11.8. The average Bonchev–Trinajstić information content (AvgIpc) is 2.39. The van der Waals surface area contributed by atoms with Crippen molar-refractivity contribution >= 4 is 5.91 Å². The second kappa shape index (κ2) is 8.45. The van der Waals surface area contributed by atoms with Crippen LogP contribution in [0.1, 0.15) is 27.2 Å². The van der Waals surface area contributed by atoms with E-state index in [1.54, 1.807) is 0 Å². The number of morpholine rings is 1. The van der Waals surface area contributed by atoms with Crippen LogP contribution in [0.25, 0.3) is 0 Å². The summed E-state index contributed by atoms with van der Waals surface area (Å²) in [4.78, 5) is 13.7. The molecule has 0 radical (unpaired) electrons. The molecule has 2 unspecified atom stereocenters. The predicted molar refractivity (Wildman–Crippen MR) is 72.6 cm³/mol. The highest BCUT2D eigenvalue weighted by Crippen LogP contribution is 2.02. The van der Waals surface area contributed by atoms with Gasteiger partial charge in [0.2, 0.25) is 5.91 Å². The Morgan fingerprint density at radius 1 is 1.50 bits per heavy atom. The molecule has 0 aliphatic carbocycles. The highest BCUT2D eigenvalue weighted by molar-refractivity contribution is 5.78. The molecule has 0 spiro atoms. The van der Waals surface area contributed by atoms with Gasteiger partial charge in [0.15, 0.2) is 0 Å². The summed E-state index contributed by atoms with van der Waals surface area (Å²) in [6, 6.07) is 0.730. The largest absolute Gasteiger partial charge is 0.379 e. The lowest BCUT2D eigenvalue weighted by atomic mass is 10.1. The Balaban J connectivity index is 2.19. The minimum atomic E-state index is 0.180. The summed E-state index contributed by atoms with van der Waals surface area (Å²) in [6.45, 7) is 10.6. The molecular weight excluding hydrogens is 230 g/mol. The van der Waals surface area contributed by atoms with Crippen molar-refractivity contribution in [1.82, 2.24) is 15.5 Å². The van der Waals surface area contributed by atoms with Crippen LogP contribution in [0.3, 0.4) is 0 Å². The fraction of sp³-hybridized carbons (Fsp3) is 0.923. The van der Waals surface area contributed by atoms with Crippen molar-refractivity contribution in [3.05, 3.63) is 0 Å². The van der Waals surface area contributed by atoms with Gasteiger partial charge in [-0.2, -0.15) is 0 Å². The predicted octanol–water partition coefficient (Wildman–Crippen LogP) is 0.211. The van der Waals surface area contributed by atoms with Crippen LogP contribution in [0.2, 0.25) is 0 Å². The topological polar surface area (TPSA) is 53.6 Å². The molecule has 0 bridgehead atoms. The van der Waals surface area contributed by atoms with Crippen LogP contribution in [-0.4, -0.2) is 62.3 Å². The van der Waals surface area contributed by atoms with Gasteiger partial charge in [0.1, 0.15) is 0 Å². The number of rotatable bonds is 7. The second-order valence-corrected chi connectivity index (χ2v) is 4.81. The van der Waals surface area contributed by atoms with Crippen molar-refractivity contribution in [2.75, 3.05) is 39.4 Å². The van der Waals surface area contributed by atoms with Gasteiger partial charge in [0.25, 0.3) is 0 Å². The quantitative estimate of drug-likeness (QED) is 0.685. The first-order valence-electron chi connectivity index (χ1n) is 6.99. The Bertz CT molecular complexity index is 238. The molecule has 0 aromatic rings. The normalized spacial score (nSPS) is 21.6. The first-order valence-corrected chi connectivity index (χ1v) is 6.99. The van der Waals surface area contributed by atoms with Gasteiger partial charge in [0.05, 0.1) is 19.8 Å². The third-order valence-electron chi connectivity index (χ3n) is 3.35. The Kier molecular flexibility index (Phi) is 7.23. The van der Waals surface area contributed by atoms with Crippen LogP contribution in [0.5, 0.6) is 0 Å². The second-order valence-electron chi connectivity index (χ2n) is 4.81. The van der Waals surface area contributed by atoms with Gasteiger partial charge < -0.3 is 20.3 Å². The molecule has 5 heteroatoms. The van der Waals surface area contributed by atoms with Gasteiger partial charge in [-0.25, -0.2) is 0 Å². The molecule has 1 fully saturated rings. The minimum absolute atomic E-state index is 0.180. The van der Waals surface area contributed by atoms with Crippen LogP contribution in [-0.2, 0) is 9.53 Å². The van der Waals surface area contributed by atoms with Crippen molar-refractivity contribution in [2.45, 2.75) is 39.3 Å². The van der Waals surface area contributed by atoms with Crippen molar-refractivity contribution in [3.63, 3.8) is 0 Å².